The number of rotatable bonds is 8. The molecule has 0 aromatic carbocycles. The zero-order valence-corrected chi connectivity index (χ0v) is 21.6. The van der Waals surface area contributed by atoms with Crippen molar-refractivity contribution in [3.05, 3.63) is 37.7 Å². The molecule has 1 fully saturated rings. The van der Waals surface area contributed by atoms with Gasteiger partial charge in [0, 0.05) is 12.7 Å². The van der Waals surface area contributed by atoms with Crippen LogP contribution >= 0.6 is 11.3 Å². The Balaban J connectivity index is 1.79. The molecule has 40 heavy (non-hydrogen) atoms. The van der Waals surface area contributed by atoms with Crippen LogP contribution in [0.1, 0.15) is 19.8 Å². The number of nitriles is 1. The van der Waals surface area contributed by atoms with Gasteiger partial charge in [0.25, 0.3) is 11.5 Å². The average Bonchev–Trinajstić information content (AvgIpc) is 3.45. The van der Waals surface area contributed by atoms with E-state index in [1.807, 2.05) is 0 Å². The summed E-state index contributed by atoms with van der Waals surface area (Å²) in [5.74, 6) is -1.81. The largest absolute Gasteiger partial charge is 0.405 e. The van der Waals surface area contributed by atoms with Gasteiger partial charge in [0.2, 0.25) is 5.91 Å². The molecule has 1 atom stereocenters. The van der Waals surface area contributed by atoms with Gasteiger partial charge in [0.1, 0.15) is 39.5 Å². The van der Waals surface area contributed by atoms with E-state index in [-0.39, 0.29) is 40.3 Å². The van der Waals surface area contributed by atoms with Crippen molar-refractivity contribution >= 4 is 46.6 Å². The molecule has 1 unspecified atom stereocenters. The van der Waals surface area contributed by atoms with E-state index < -0.39 is 54.4 Å². The number of alkyl halides is 6. The first-order valence-electron chi connectivity index (χ1n) is 11.8. The number of nitrogens with zero attached hydrogens (tertiary/aromatic N) is 4. The molecule has 0 bridgehead atoms. The summed E-state index contributed by atoms with van der Waals surface area (Å²) in [6.07, 6.45) is -7.69. The highest BCUT2D eigenvalue weighted by atomic mass is 32.1. The number of pyridine rings is 1. The van der Waals surface area contributed by atoms with Gasteiger partial charge in [0.05, 0.1) is 6.54 Å². The van der Waals surface area contributed by atoms with Crippen molar-refractivity contribution in [2.45, 2.75) is 44.7 Å². The van der Waals surface area contributed by atoms with E-state index in [1.165, 1.54) is 24.4 Å². The van der Waals surface area contributed by atoms with Crippen molar-refractivity contribution in [1.82, 2.24) is 19.8 Å². The van der Waals surface area contributed by atoms with Crippen LogP contribution in [-0.2, 0) is 16.1 Å². The number of aromatic nitrogens is 2. The molecule has 10 nitrogen and oxygen atoms in total. The van der Waals surface area contributed by atoms with Crippen molar-refractivity contribution in [2.24, 2.45) is 0 Å². The molecule has 3 heterocycles. The van der Waals surface area contributed by atoms with Crippen LogP contribution in [0.5, 0.6) is 0 Å². The quantitative estimate of drug-likeness (QED) is 0.397. The maximum Gasteiger partial charge on any atom is 0.405 e. The van der Waals surface area contributed by atoms with Gasteiger partial charge in [-0.1, -0.05) is 6.07 Å². The molecule has 1 aliphatic heterocycles. The number of hydrogen-bond donors (Lipinski definition) is 3. The normalized spacial score (nSPS) is 17.4. The molecule has 3 rings (SSSR count). The number of thiazole rings is 1. The molecule has 0 saturated carbocycles. The Morgan fingerprint density at radius 3 is 2.55 bits per heavy atom. The molecular weight excluding hydrogens is 568 g/mol. The lowest BCUT2D eigenvalue weighted by Crippen LogP contribution is -2.44. The minimum atomic E-state index is -4.69. The van der Waals surface area contributed by atoms with Crippen LogP contribution < -0.4 is 30.7 Å². The van der Waals surface area contributed by atoms with Crippen LogP contribution in [-0.4, -0.2) is 64.3 Å². The van der Waals surface area contributed by atoms with Crippen molar-refractivity contribution in [2.75, 3.05) is 30.3 Å². The summed E-state index contributed by atoms with van der Waals surface area (Å²) in [5.41, 5.74) is -1.29. The Morgan fingerprint density at radius 2 is 1.93 bits per heavy atom. The van der Waals surface area contributed by atoms with Crippen molar-refractivity contribution < 1.29 is 35.9 Å². The standard InChI is InChI=1S/C23H23F6N7O3S/c1-2-36-20(39)14(40-21(36)13(9-30)19(38)32-12-22(24,25)26)10-31-16-6-3-7-17(33-16)34-18(37)11-35-8-4-5-15(35)23(27,28)29/h3,6-7,10,15H,2,4-5,8,11-12H2,1H3,(H,32,38)(H2,31,33,34,37). The molecular formula is C23H23F6N7O3S. The third kappa shape index (κ3) is 7.82. The van der Waals surface area contributed by atoms with E-state index in [4.69, 9.17) is 0 Å². The van der Waals surface area contributed by atoms with E-state index >= 15 is 0 Å². The number of carbonyl (C=O) groups is 2. The Hall–Kier alpha value is -3.91. The summed E-state index contributed by atoms with van der Waals surface area (Å²) in [7, 11) is 0. The number of anilines is 2. The maximum absolute atomic E-state index is 13.1. The Labute approximate surface area is 226 Å². The summed E-state index contributed by atoms with van der Waals surface area (Å²) < 4.78 is 77.7. The minimum absolute atomic E-state index is 0.00307. The van der Waals surface area contributed by atoms with Gasteiger partial charge in [-0.15, -0.1) is 11.3 Å². The third-order valence-electron chi connectivity index (χ3n) is 5.68. The first-order chi connectivity index (χ1) is 18.7. The molecule has 1 saturated heterocycles. The van der Waals surface area contributed by atoms with Crippen molar-refractivity contribution in [3.63, 3.8) is 0 Å². The highest BCUT2D eigenvalue weighted by Gasteiger charge is 2.46. The Kier molecular flexibility index (Phi) is 9.58. The fourth-order valence-electron chi connectivity index (χ4n) is 3.93. The fraction of sp³-hybridized carbons (Fsp3) is 0.435. The summed E-state index contributed by atoms with van der Waals surface area (Å²) in [6.45, 7) is -0.432. The van der Waals surface area contributed by atoms with Gasteiger partial charge in [-0.25, -0.2) is 4.98 Å². The van der Waals surface area contributed by atoms with E-state index in [0.29, 0.717) is 17.8 Å². The molecule has 2 aromatic heterocycles. The molecule has 3 N–H and O–H groups in total. The summed E-state index contributed by atoms with van der Waals surface area (Å²) >= 11 is 0.695. The van der Waals surface area contributed by atoms with E-state index in [1.54, 1.807) is 18.3 Å². The smallest absolute Gasteiger partial charge is 0.345 e. The molecule has 216 valence electrons. The van der Waals surface area contributed by atoms with Crippen molar-refractivity contribution in [1.29, 1.82) is 5.26 Å². The predicted molar refractivity (Wildman–Crippen MR) is 133 cm³/mol. The fourth-order valence-corrected chi connectivity index (χ4v) is 5.02. The average molecular weight is 592 g/mol. The number of hydrogen-bond acceptors (Lipinski definition) is 8. The molecule has 0 radical (unpaired) electrons. The molecule has 1 aliphatic rings. The first-order valence-corrected chi connectivity index (χ1v) is 12.6. The van der Waals surface area contributed by atoms with Gasteiger partial charge in [0.15, 0.2) is 5.57 Å². The second-order valence-electron chi connectivity index (χ2n) is 8.52. The Bertz CT molecular complexity index is 1480. The van der Waals surface area contributed by atoms with Crippen LogP contribution in [0.15, 0.2) is 23.0 Å². The van der Waals surface area contributed by atoms with Gasteiger partial charge >= 0.3 is 12.4 Å². The van der Waals surface area contributed by atoms with Crippen LogP contribution in [0.4, 0.5) is 38.0 Å². The Morgan fingerprint density at radius 1 is 1.23 bits per heavy atom. The number of halogens is 6. The highest BCUT2D eigenvalue weighted by Crippen LogP contribution is 2.32. The molecule has 2 amide bonds. The monoisotopic (exact) mass is 591 g/mol. The molecule has 0 spiro atoms. The zero-order chi connectivity index (χ0) is 29.7. The summed E-state index contributed by atoms with van der Waals surface area (Å²) in [6, 6.07) is 4.22. The van der Waals surface area contributed by atoms with E-state index in [9.17, 15) is 46.0 Å². The topological polar surface area (TPSA) is 132 Å². The van der Waals surface area contributed by atoms with Gasteiger partial charge in [-0.3, -0.25) is 23.9 Å². The van der Waals surface area contributed by atoms with Crippen LogP contribution in [0.3, 0.4) is 0 Å². The summed E-state index contributed by atoms with van der Waals surface area (Å²) in [4.78, 5) is 42.5. The van der Waals surface area contributed by atoms with E-state index in [2.05, 4.69) is 15.6 Å². The lowest BCUT2D eigenvalue weighted by atomic mass is 10.2. The number of amides is 2. The minimum Gasteiger partial charge on any atom is -0.345 e. The van der Waals surface area contributed by atoms with Gasteiger partial charge in [-0.05, 0) is 38.4 Å². The molecule has 17 heteroatoms. The van der Waals surface area contributed by atoms with Gasteiger partial charge < -0.3 is 16.0 Å². The highest BCUT2D eigenvalue weighted by molar-refractivity contribution is 7.07. The van der Waals surface area contributed by atoms with E-state index in [0.717, 1.165) is 9.47 Å². The molecule has 2 aromatic rings. The lowest BCUT2D eigenvalue weighted by Gasteiger charge is -2.25. The second kappa shape index (κ2) is 12.5. The second-order valence-corrected chi connectivity index (χ2v) is 9.55. The van der Waals surface area contributed by atoms with Crippen LogP contribution in [0.2, 0.25) is 0 Å². The van der Waals surface area contributed by atoms with Crippen LogP contribution in [0, 0.1) is 11.3 Å². The number of nitrogens with one attached hydrogen (secondary N) is 3. The number of carbonyl (C=O) groups excluding carboxylic acids is 2. The number of likely N-dealkylation sites (tertiary alicyclic amines) is 1. The van der Waals surface area contributed by atoms with Crippen LogP contribution in [0.25, 0.3) is 11.8 Å². The predicted octanol–water partition coefficient (Wildman–Crippen LogP) is 1.49. The maximum atomic E-state index is 13.1. The van der Waals surface area contributed by atoms with Crippen molar-refractivity contribution in [3.8, 4) is 6.07 Å². The van der Waals surface area contributed by atoms with Gasteiger partial charge in [-0.2, -0.15) is 31.6 Å². The lowest BCUT2D eigenvalue weighted by molar-refractivity contribution is -0.176. The first kappa shape index (κ1) is 30.6. The zero-order valence-electron chi connectivity index (χ0n) is 20.8. The SMILES string of the molecule is CCn1c(=C(C#N)C(=O)NCC(F)(F)F)sc(=CNc2cccc(NC(=O)CN3CCCC3C(F)(F)F)n2)c1=O. The molecule has 0 aliphatic carbocycles. The summed E-state index contributed by atoms with van der Waals surface area (Å²) in [5, 5.41) is 16.1. The third-order valence-corrected chi connectivity index (χ3v) is 6.81.